The van der Waals surface area contributed by atoms with Gasteiger partial charge in [-0.1, -0.05) is 30.9 Å². The summed E-state index contributed by atoms with van der Waals surface area (Å²) in [4.78, 5) is 0. The van der Waals surface area contributed by atoms with Crippen LogP contribution in [0, 0.1) is 0 Å². The molecule has 0 spiro atoms. The van der Waals surface area contributed by atoms with Crippen molar-refractivity contribution in [1.82, 2.24) is 5.32 Å². The molecule has 1 aromatic carbocycles. The van der Waals surface area contributed by atoms with E-state index in [0.717, 1.165) is 11.3 Å². The Morgan fingerprint density at radius 1 is 1.50 bits per heavy atom. The highest BCUT2D eigenvalue weighted by Crippen LogP contribution is 2.17. The van der Waals surface area contributed by atoms with Gasteiger partial charge < -0.3 is 10.1 Å². The minimum atomic E-state index is -0.771. The SMILES string of the molecule is C=CCOc1ccccc1CNC(C)CS(C)=O. The van der Waals surface area contributed by atoms with E-state index in [2.05, 4.69) is 11.9 Å². The predicted octanol–water partition coefficient (Wildman–Crippen LogP) is 2.11. The standard InChI is InChI=1S/C14H21NO2S/c1-4-9-17-14-8-6-5-7-13(14)10-15-12(2)11-18(3)16/h4-8,12,15H,1,9-11H2,2-3H3. The summed E-state index contributed by atoms with van der Waals surface area (Å²) in [5.74, 6) is 1.53. The minimum Gasteiger partial charge on any atom is -0.489 e. The third-order valence-corrected chi connectivity index (χ3v) is 3.42. The van der Waals surface area contributed by atoms with Crippen molar-refractivity contribution in [3.8, 4) is 5.75 Å². The Balaban J connectivity index is 2.55. The molecule has 0 aliphatic heterocycles. The zero-order chi connectivity index (χ0) is 13.4. The molecule has 4 heteroatoms. The van der Waals surface area contributed by atoms with E-state index in [9.17, 15) is 4.21 Å². The Morgan fingerprint density at radius 2 is 2.22 bits per heavy atom. The van der Waals surface area contributed by atoms with Crippen molar-refractivity contribution >= 4 is 10.8 Å². The molecule has 18 heavy (non-hydrogen) atoms. The molecule has 2 atom stereocenters. The summed E-state index contributed by atoms with van der Waals surface area (Å²) in [5, 5.41) is 3.35. The van der Waals surface area contributed by atoms with Crippen molar-refractivity contribution in [2.24, 2.45) is 0 Å². The molecule has 0 aliphatic carbocycles. The predicted molar refractivity (Wildman–Crippen MR) is 77.4 cm³/mol. The lowest BCUT2D eigenvalue weighted by Gasteiger charge is -2.14. The second-order valence-corrected chi connectivity index (χ2v) is 5.71. The zero-order valence-electron chi connectivity index (χ0n) is 11.0. The van der Waals surface area contributed by atoms with E-state index in [-0.39, 0.29) is 6.04 Å². The summed E-state index contributed by atoms with van der Waals surface area (Å²) in [6, 6.07) is 8.14. The van der Waals surface area contributed by atoms with Crippen LogP contribution in [-0.2, 0) is 17.3 Å². The van der Waals surface area contributed by atoms with Crippen LogP contribution in [-0.4, -0.2) is 28.9 Å². The Labute approximate surface area is 112 Å². The number of hydrogen-bond donors (Lipinski definition) is 1. The lowest BCUT2D eigenvalue weighted by atomic mass is 10.2. The highest BCUT2D eigenvalue weighted by molar-refractivity contribution is 7.84. The van der Waals surface area contributed by atoms with Crippen LogP contribution in [0.25, 0.3) is 0 Å². The van der Waals surface area contributed by atoms with Crippen LogP contribution in [0.15, 0.2) is 36.9 Å². The molecule has 1 N–H and O–H groups in total. The van der Waals surface area contributed by atoms with Gasteiger partial charge in [0.2, 0.25) is 0 Å². The van der Waals surface area contributed by atoms with Crippen molar-refractivity contribution in [3.63, 3.8) is 0 Å². The van der Waals surface area contributed by atoms with E-state index in [1.807, 2.05) is 31.2 Å². The molecule has 0 radical (unpaired) electrons. The molecule has 0 aromatic heterocycles. The molecule has 0 saturated carbocycles. The summed E-state index contributed by atoms with van der Waals surface area (Å²) in [6.45, 7) is 6.89. The monoisotopic (exact) mass is 267 g/mol. The smallest absolute Gasteiger partial charge is 0.124 e. The van der Waals surface area contributed by atoms with Gasteiger partial charge >= 0.3 is 0 Å². The Kier molecular flexibility index (Phi) is 6.68. The average molecular weight is 267 g/mol. The topological polar surface area (TPSA) is 38.3 Å². The average Bonchev–Trinajstić information content (AvgIpc) is 2.34. The summed E-state index contributed by atoms with van der Waals surface area (Å²) in [5.41, 5.74) is 1.10. The van der Waals surface area contributed by atoms with Crippen LogP contribution in [0.3, 0.4) is 0 Å². The molecule has 0 aliphatic rings. The van der Waals surface area contributed by atoms with Crippen LogP contribution in [0.2, 0.25) is 0 Å². The van der Waals surface area contributed by atoms with E-state index in [0.29, 0.717) is 18.9 Å². The van der Waals surface area contributed by atoms with Gasteiger partial charge in [-0.05, 0) is 13.0 Å². The summed E-state index contributed by atoms with van der Waals surface area (Å²) in [7, 11) is -0.771. The van der Waals surface area contributed by atoms with Crippen LogP contribution in [0.5, 0.6) is 5.75 Å². The fraction of sp³-hybridized carbons (Fsp3) is 0.429. The van der Waals surface area contributed by atoms with Gasteiger partial charge in [0.1, 0.15) is 12.4 Å². The van der Waals surface area contributed by atoms with Crippen LogP contribution in [0.1, 0.15) is 12.5 Å². The minimum absolute atomic E-state index is 0.225. The lowest BCUT2D eigenvalue weighted by Crippen LogP contribution is -2.30. The third-order valence-electron chi connectivity index (χ3n) is 2.45. The number of rotatable bonds is 8. The summed E-state index contributed by atoms with van der Waals surface area (Å²) in [6.07, 6.45) is 3.45. The molecule has 1 aromatic rings. The number of hydrogen-bond acceptors (Lipinski definition) is 3. The van der Waals surface area contributed by atoms with Gasteiger partial charge in [-0.2, -0.15) is 0 Å². The van der Waals surface area contributed by atoms with Gasteiger partial charge in [-0.15, -0.1) is 0 Å². The highest BCUT2D eigenvalue weighted by atomic mass is 32.2. The van der Waals surface area contributed by atoms with Gasteiger partial charge in [-0.3, -0.25) is 4.21 Å². The maximum atomic E-state index is 11.1. The van der Waals surface area contributed by atoms with E-state index < -0.39 is 10.8 Å². The van der Waals surface area contributed by atoms with Crippen molar-refractivity contribution < 1.29 is 8.95 Å². The van der Waals surface area contributed by atoms with Gasteiger partial charge in [0.15, 0.2) is 0 Å². The second-order valence-electron chi connectivity index (χ2n) is 4.23. The number of benzene rings is 1. The number of nitrogens with one attached hydrogen (secondary N) is 1. The van der Waals surface area contributed by atoms with Crippen molar-refractivity contribution in [2.45, 2.75) is 19.5 Å². The number of ether oxygens (including phenoxy) is 1. The van der Waals surface area contributed by atoms with Crippen LogP contribution in [0.4, 0.5) is 0 Å². The molecule has 0 heterocycles. The Morgan fingerprint density at radius 3 is 2.89 bits per heavy atom. The fourth-order valence-electron chi connectivity index (χ4n) is 1.63. The second kappa shape index (κ2) is 8.06. The van der Waals surface area contributed by atoms with Gasteiger partial charge in [0, 0.05) is 41.0 Å². The quantitative estimate of drug-likeness (QED) is 0.733. The van der Waals surface area contributed by atoms with E-state index >= 15 is 0 Å². The molecule has 0 amide bonds. The molecule has 0 fully saturated rings. The first-order chi connectivity index (χ1) is 8.63. The fourth-order valence-corrected chi connectivity index (χ4v) is 2.46. The van der Waals surface area contributed by atoms with Gasteiger partial charge in [0.25, 0.3) is 0 Å². The first-order valence-corrected chi connectivity index (χ1v) is 7.71. The van der Waals surface area contributed by atoms with Crippen molar-refractivity contribution in [3.05, 3.63) is 42.5 Å². The number of para-hydroxylation sites is 1. The zero-order valence-corrected chi connectivity index (χ0v) is 11.8. The van der Waals surface area contributed by atoms with Gasteiger partial charge in [0.05, 0.1) is 0 Å². The molecule has 0 saturated heterocycles. The van der Waals surface area contributed by atoms with Crippen LogP contribution >= 0.6 is 0 Å². The molecule has 1 rings (SSSR count). The first kappa shape index (κ1) is 14.9. The van der Waals surface area contributed by atoms with Crippen LogP contribution < -0.4 is 10.1 Å². The van der Waals surface area contributed by atoms with Crippen molar-refractivity contribution in [1.29, 1.82) is 0 Å². The molecule has 3 nitrogen and oxygen atoms in total. The van der Waals surface area contributed by atoms with E-state index in [4.69, 9.17) is 4.74 Å². The maximum absolute atomic E-state index is 11.1. The largest absolute Gasteiger partial charge is 0.489 e. The summed E-state index contributed by atoms with van der Waals surface area (Å²) >= 11 is 0. The molecular weight excluding hydrogens is 246 g/mol. The molecule has 2 unspecified atom stereocenters. The molecular formula is C14H21NO2S. The summed E-state index contributed by atoms with van der Waals surface area (Å²) < 4.78 is 16.7. The Hall–Kier alpha value is -1.13. The van der Waals surface area contributed by atoms with Crippen molar-refractivity contribution in [2.75, 3.05) is 18.6 Å². The molecule has 100 valence electrons. The van der Waals surface area contributed by atoms with Gasteiger partial charge in [-0.25, -0.2) is 0 Å². The first-order valence-electron chi connectivity index (χ1n) is 5.98. The lowest BCUT2D eigenvalue weighted by molar-refractivity contribution is 0.357. The van der Waals surface area contributed by atoms with E-state index in [1.165, 1.54) is 0 Å². The normalized spacial score (nSPS) is 13.9. The van der Waals surface area contributed by atoms with E-state index in [1.54, 1.807) is 12.3 Å². The maximum Gasteiger partial charge on any atom is 0.124 e. The highest BCUT2D eigenvalue weighted by Gasteiger charge is 2.06. The molecule has 0 bridgehead atoms. The Bertz CT molecular complexity index is 407. The third kappa shape index (κ3) is 5.47.